The van der Waals surface area contributed by atoms with Crippen LogP contribution < -0.4 is 15.5 Å². The second-order valence-electron chi connectivity index (χ2n) is 9.83. The summed E-state index contributed by atoms with van der Waals surface area (Å²) in [5, 5.41) is 5.48. The number of hydrogen-bond acceptors (Lipinski definition) is 7. The maximum Gasteiger partial charge on any atom is 0.262 e. The van der Waals surface area contributed by atoms with E-state index in [4.69, 9.17) is 0 Å². The number of benzene rings is 1. The Balaban J connectivity index is 1.26. The van der Waals surface area contributed by atoms with Gasteiger partial charge < -0.3 is 10.2 Å². The summed E-state index contributed by atoms with van der Waals surface area (Å²) in [6.07, 6.45) is 2.06. The van der Waals surface area contributed by atoms with Gasteiger partial charge in [0.15, 0.2) is 0 Å². The number of carbonyl (C=O) groups is 4. The summed E-state index contributed by atoms with van der Waals surface area (Å²) in [5.74, 6) is -2.23. The number of likely N-dealkylation sites (tertiary alicyclic amines) is 1. The number of carbonyl (C=O) groups excluding carboxylic acids is 4. The molecule has 5 aliphatic heterocycles. The number of imide groups is 2. The first-order chi connectivity index (χ1) is 15.9. The van der Waals surface area contributed by atoms with Gasteiger partial charge in [-0.3, -0.25) is 34.3 Å². The van der Waals surface area contributed by atoms with Gasteiger partial charge in [0.05, 0.1) is 16.8 Å². The van der Waals surface area contributed by atoms with Crippen molar-refractivity contribution in [3.05, 3.63) is 29.1 Å². The molecule has 1 aromatic carbocycles. The summed E-state index contributed by atoms with van der Waals surface area (Å²) in [6, 6.07) is 1.92. The quantitative estimate of drug-likeness (QED) is 0.621. The largest absolute Gasteiger partial charge is 0.361 e. The molecule has 2 N–H and O–H groups in total. The molecule has 9 nitrogen and oxygen atoms in total. The molecule has 0 aromatic heterocycles. The van der Waals surface area contributed by atoms with Crippen LogP contribution in [0.5, 0.6) is 0 Å². The lowest BCUT2D eigenvalue weighted by Gasteiger charge is -2.44. The van der Waals surface area contributed by atoms with Crippen molar-refractivity contribution in [2.24, 2.45) is 5.92 Å². The van der Waals surface area contributed by atoms with Crippen LogP contribution >= 0.6 is 0 Å². The normalized spacial score (nSPS) is 30.0. The van der Waals surface area contributed by atoms with Gasteiger partial charge in [-0.05, 0) is 37.3 Å². The zero-order valence-corrected chi connectivity index (χ0v) is 18.2. The van der Waals surface area contributed by atoms with Crippen LogP contribution in [0, 0.1) is 11.7 Å². The van der Waals surface area contributed by atoms with Gasteiger partial charge in [-0.25, -0.2) is 4.39 Å². The maximum atomic E-state index is 15.3. The fraction of sp³-hybridized carbons (Fsp3) is 0.565. The van der Waals surface area contributed by atoms with Gasteiger partial charge in [-0.1, -0.05) is 0 Å². The Bertz CT molecular complexity index is 1060. The van der Waals surface area contributed by atoms with Crippen LogP contribution in [0.3, 0.4) is 0 Å². The van der Waals surface area contributed by atoms with E-state index >= 15 is 4.39 Å². The van der Waals surface area contributed by atoms with Gasteiger partial charge >= 0.3 is 0 Å². The minimum atomic E-state index is -1.05. The highest BCUT2D eigenvalue weighted by atomic mass is 19.1. The molecule has 5 heterocycles. The summed E-state index contributed by atoms with van der Waals surface area (Å²) >= 11 is 0. The maximum absolute atomic E-state index is 15.3. The Labute approximate surface area is 190 Å². The van der Waals surface area contributed by atoms with E-state index in [1.807, 2.05) is 0 Å². The second kappa shape index (κ2) is 7.59. The molecule has 33 heavy (non-hydrogen) atoms. The van der Waals surface area contributed by atoms with E-state index in [2.05, 4.69) is 20.4 Å². The number of hydrogen-bond donors (Lipinski definition) is 2. The van der Waals surface area contributed by atoms with Gasteiger partial charge in [0.1, 0.15) is 11.9 Å². The van der Waals surface area contributed by atoms with Crippen molar-refractivity contribution in [2.45, 2.75) is 43.8 Å². The zero-order chi connectivity index (χ0) is 22.9. The highest BCUT2D eigenvalue weighted by Crippen LogP contribution is 2.39. The number of fused-ring (bicyclic) bond motifs is 3. The van der Waals surface area contributed by atoms with Crippen molar-refractivity contribution in [3.63, 3.8) is 0 Å². The number of halogens is 1. The molecule has 6 rings (SSSR count). The van der Waals surface area contributed by atoms with Crippen LogP contribution in [0.25, 0.3) is 0 Å². The Morgan fingerprint density at radius 3 is 2.21 bits per heavy atom. The summed E-state index contributed by atoms with van der Waals surface area (Å²) in [5.41, 5.74) is 0.468. The number of anilines is 1. The Hall–Kier alpha value is -2.85. The van der Waals surface area contributed by atoms with Crippen molar-refractivity contribution in [1.82, 2.24) is 20.4 Å². The van der Waals surface area contributed by atoms with Crippen LogP contribution in [0.2, 0.25) is 0 Å². The van der Waals surface area contributed by atoms with E-state index in [1.54, 1.807) is 0 Å². The lowest BCUT2D eigenvalue weighted by molar-refractivity contribution is -0.136. The minimum Gasteiger partial charge on any atom is -0.361 e. The molecule has 2 bridgehead atoms. The van der Waals surface area contributed by atoms with Crippen LogP contribution in [-0.4, -0.2) is 84.3 Å². The molecule has 0 radical (unpaired) electrons. The Morgan fingerprint density at radius 2 is 1.61 bits per heavy atom. The predicted octanol–water partition coefficient (Wildman–Crippen LogP) is 0.0993. The van der Waals surface area contributed by atoms with Gasteiger partial charge in [0.2, 0.25) is 11.8 Å². The first-order valence-corrected chi connectivity index (χ1v) is 11.7. The summed E-state index contributed by atoms with van der Waals surface area (Å²) in [6.45, 7) is 4.87. The van der Waals surface area contributed by atoms with Crippen molar-refractivity contribution in [2.75, 3.05) is 37.6 Å². The average Bonchev–Trinajstić information content (AvgIpc) is 3.14. The monoisotopic (exact) mass is 455 g/mol. The lowest BCUT2D eigenvalue weighted by atomic mass is 10.0. The van der Waals surface area contributed by atoms with Gasteiger partial charge in [0.25, 0.3) is 11.8 Å². The third-order valence-electron chi connectivity index (χ3n) is 7.73. The van der Waals surface area contributed by atoms with Crippen LogP contribution in [0.1, 0.15) is 46.4 Å². The number of rotatable bonds is 4. The van der Waals surface area contributed by atoms with Crippen LogP contribution in [-0.2, 0) is 9.59 Å². The molecular formula is C23H26FN5O4. The van der Waals surface area contributed by atoms with Crippen molar-refractivity contribution >= 4 is 29.3 Å². The topological polar surface area (TPSA) is 102 Å². The first kappa shape index (κ1) is 20.7. The predicted molar refractivity (Wildman–Crippen MR) is 115 cm³/mol. The Morgan fingerprint density at radius 1 is 0.939 bits per heavy atom. The van der Waals surface area contributed by atoms with E-state index in [0.717, 1.165) is 56.5 Å². The van der Waals surface area contributed by atoms with Gasteiger partial charge in [-0.2, -0.15) is 0 Å². The number of amides is 4. The molecule has 5 aliphatic rings. The van der Waals surface area contributed by atoms with Gasteiger partial charge in [-0.15, -0.1) is 0 Å². The summed E-state index contributed by atoms with van der Waals surface area (Å²) in [4.78, 5) is 55.3. The number of nitrogens with one attached hydrogen (secondary N) is 2. The minimum absolute atomic E-state index is 0.0191. The molecule has 10 heteroatoms. The number of piperazine rings is 1. The molecule has 4 saturated heterocycles. The molecule has 4 fully saturated rings. The van der Waals surface area contributed by atoms with Gasteiger partial charge in [0, 0.05) is 51.2 Å². The molecule has 174 valence electrons. The van der Waals surface area contributed by atoms with Crippen molar-refractivity contribution < 1.29 is 23.6 Å². The summed E-state index contributed by atoms with van der Waals surface area (Å²) < 4.78 is 15.3. The van der Waals surface area contributed by atoms with E-state index < -0.39 is 35.5 Å². The van der Waals surface area contributed by atoms with Crippen LogP contribution in [0.15, 0.2) is 12.1 Å². The number of nitrogens with zero attached hydrogens (tertiary/aromatic N) is 3. The fourth-order valence-corrected chi connectivity index (χ4v) is 6.05. The van der Waals surface area contributed by atoms with Crippen LogP contribution in [0.4, 0.5) is 10.1 Å². The molecule has 0 spiro atoms. The Kier molecular flexibility index (Phi) is 4.77. The molecule has 0 aliphatic carbocycles. The average molecular weight is 455 g/mol. The third kappa shape index (κ3) is 3.26. The molecule has 0 saturated carbocycles. The van der Waals surface area contributed by atoms with Crippen molar-refractivity contribution in [1.29, 1.82) is 0 Å². The molecule has 1 aromatic rings. The highest BCUT2D eigenvalue weighted by molar-refractivity contribution is 6.23. The van der Waals surface area contributed by atoms with E-state index in [0.29, 0.717) is 11.6 Å². The molecule has 3 atom stereocenters. The van der Waals surface area contributed by atoms with E-state index in [-0.39, 0.29) is 36.1 Å². The number of piperidine rings is 1. The van der Waals surface area contributed by atoms with E-state index in [1.165, 1.54) is 6.07 Å². The lowest BCUT2D eigenvalue weighted by Crippen LogP contribution is -2.57. The highest BCUT2D eigenvalue weighted by Gasteiger charge is 2.47. The third-order valence-corrected chi connectivity index (χ3v) is 7.73. The molecule has 3 unspecified atom stereocenters. The van der Waals surface area contributed by atoms with Crippen molar-refractivity contribution in [3.8, 4) is 0 Å². The second-order valence-corrected chi connectivity index (χ2v) is 9.83. The van der Waals surface area contributed by atoms with E-state index in [9.17, 15) is 19.2 Å². The standard InChI is InChI=1S/C23H26FN5O4/c24-17-5-15-16(23(33)29(22(15)32)18-3-4-20(30)26-21(18)31)6-19(17)28-13-1-2-14(28)11-27(10-13)9-12-7-25-8-12/h5-6,12-14,18,25H,1-4,7-11H2,(H,26,30,31). The molecule has 4 amide bonds. The SMILES string of the molecule is O=C1CCC(N2C(=O)c3cc(F)c(N4C5CCC4CN(CC4CNC4)C5)cc3C2=O)C(=O)N1. The first-order valence-electron chi connectivity index (χ1n) is 11.7. The summed E-state index contributed by atoms with van der Waals surface area (Å²) in [7, 11) is 0. The molecular weight excluding hydrogens is 429 g/mol. The zero-order valence-electron chi connectivity index (χ0n) is 18.2. The fourth-order valence-electron chi connectivity index (χ4n) is 6.05. The smallest absolute Gasteiger partial charge is 0.262 e.